The molecule has 0 saturated carbocycles. The Balaban J connectivity index is 0.00000180. The fraction of sp³-hybridized carbons (Fsp3) is 0.375. The van der Waals surface area contributed by atoms with Crippen molar-refractivity contribution in [3.63, 3.8) is 0 Å². The Morgan fingerprint density at radius 3 is 2.75 bits per heavy atom. The van der Waals surface area contributed by atoms with Crippen molar-refractivity contribution in [2.75, 3.05) is 18.7 Å². The first-order chi connectivity index (χ1) is 8.47. The van der Waals surface area contributed by atoms with Gasteiger partial charge < -0.3 is 24.8 Å². The van der Waals surface area contributed by atoms with Crippen molar-refractivity contribution in [1.29, 1.82) is 0 Å². The van der Waals surface area contributed by atoms with E-state index >= 15 is 0 Å². The number of nitrogens with two attached hydrogens (primary N) is 1. The van der Waals surface area contributed by atoms with E-state index in [-0.39, 0.29) is 72.0 Å². The van der Waals surface area contributed by atoms with Crippen molar-refractivity contribution in [3.05, 3.63) is 12.5 Å². The van der Waals surface area contributed by atoms with Crippen LogP contribution in [0.3, 0.4) is 0 Å². The fourth-order valence-electron chi connectivity index (χ4n) is 1.40. The Labute approximate surface area is 165 Å². The Kier molecular flexibility index (Phi) is 9.25. The van der Waals surface area contributed by atoms with Crippen molar-refractivity contribution in [3.8, 4) is 0 Å². The molecule has 0 atom stereocenters. The molecule has 2 heterocycles. The Bertz CT molecular complexity index is 604. The first-order valence-corrected chi connectivity index (χ1v) is 6.81. The summed E-state index contributed by atoms with van der Waals surface area (Å²) in [7, 11) is -4.12. The molecule has 104 valence electrons. The molecule has 0 aliphatic heterocycles. The molecular formula is C8H12N5O4PY2. The molecule has 0 fully saturated rings. The van der Waals surface area contributed by atoms with Gasteiger partial charge in [0.15, 0.2) is 5.65 Å². The zero-order chi connectivity index (χ0) is 13.2. The molecule has 0 unspecified atom stereocenters. The Morgan fingerprint density at radius 2 is 2.10 bits per heavy atom. The molecule has 9 nitrogen and oxygen atoms in total. The van der Waals surface area contributed by atoms with Crippen LogP contribution >= 0.6 is 7.60 Å². The number of hydrogen-bond acceptors (Lipinski definition) is 6. The van der Waals surface area contributed by atoms with Gasteiger partial charge in [-0.25, -0.2) is 4.98 Å². The quantitative estimate of drug-likeness (QED) is 0.411. The maximum atomic E-state index is 10.6. The van der Waals surface area contributed by atoms with Gasteiger partial charge in [-0.3, -0.25) is 4.57 Å². The van der Waals surface area contributed by atoms with Crippen molar-refractivity contribution >= 4 is 24.4 Å². The zero-order valence-electron chi connectivity index (χ0n) is 10.5. The fourth-order valence-corrected chi connectivity index (χ4v) is 1.77. The van der Waals surface area contributed by atoms with E-state index in [1.807, 2.05) is 0 Å². The monoisotopic (exact) mass is 451 g/mol. The molecule has 0 saturated heterocycles. The third-order valence-corrected chi connectivity index (χ3v) is 2.69. The summed E-state index contributed by atoms with van der Waals surface area (Å²) in [5.41, 5.74) is 7.15. The molecule has 0 spiro atoms. The molecule has 12 heteroatoms. The number of nitrogen functional groups attached to an aromatic ring is 1. The van der Waals surface area contributed by atoms with Crippen LogP contribution < -0.4 is 5.73 Å². The minimum absolute atomic E-state index is 0. The largest absolute Gasteiger partial charge is 0.396 e. The second-order valence-electron chi connectivity index (χ2n) is 3.61. The van der Waals surface area contributed by atoms with Crippen LogP contribution in [0.2, 0.25) is 0 Å². The van der Waals surface area contributed by atoms with Crippen molar-refractivity contribution in [2.24, 2.45) is 0 Å². The number of rotatable bonds is 5. The van der Waals surface area contributed by atoms with E-state index in [0.29, 0.717) is 23.4 Å². The number of nitrogens with zero attached hydrogens (tertiary/aromatic N) is 4. The van der Waals surface area contributed by atoms with Crippen LogP contribution in [0.1, 0.15) is 0 Å². The van der Waals surface area contributed by atoms with E-state index in [1.165, 1.54) is 12.5 Å². The summed E-state index contributed by atoms with van der Waals surface area (Å²) in [6, 6.07) is 0. The van der Waals surface area contributed by atoms with Gasteiger partial charge in [0.1, 0.15) is 11.9 Å². The first kappa shape index (κ1) is 20.7. The second kappa shape index (κ2) is 8.95. The predicted octanol–water partition coefficient (Wildman–Crippen LogP) is -0.445. The van der Waals surface area contributed by atoms with Crippen molar-refractivity contribution in [1.82, 2.24) is 19.7 Å². The number of ether oxygens (including phenoxy) is 1. The van der Waals surface area contributed by atoms with Crippen LogP contribution in [0.15, 0.2) is 12.5 Å². The number of fused-ring (bicyclic) bond motifs is 1. The van der Waals surface area contributed by atoms with Gasteiger partial charge in [0.2, 0.25) is 0 Å². The first-order valence-electron chi connectivity index (χ1n) is 5.02. The molecule has 2 rings (SSSR count). The predicted molar refractivity (Wildman–Crippen MR) is 62.6 cm³/mol. The second-order valence-corrected chi connectivity index (χ2v) is 5.20. The molecule has 20 heavy (non-hydrogen) atoms. The number of hydrogen-bond donors (Lipinski definition) is 3. The van der Waals surface area contributed by atoms with Crippen LogP contribution in [0.5, 0.6) is 0 Å². The van der Waals surface area contributed by atoms with Crippen LogP contribution in [-0.4, -0.2) is 42.5 Å². The summed E-state index contributed by atoms with van der Waals surface area (Å²) in [4.78, 5) is 21.3. The number of imidazole rings is 1. The molecule has 0 aliphatic carbocycles. The van der Waals surface area contributed by atoms with Gasteiger partial charge in [0, 0.05) is 72.0 Å². The average molecular weight is 451 g/mol. The number of aromatic nitrogens is 4. The van der Waals surface area contributed by atoms with Crippen LogP contribution in [0.4, 0.5) is 5.69 Å². The van der Waals surface area contributed by atoms with E-state index in [0.717, 1.165) is 0 Å². The summed E-state index contributed by atoms with van der Waals surface area (Å²) < 4.78 is 17.1. The molecular weight excluding hydrogens is 439 g/mol. The van der Waals surface area contributed by atoms with Gasteiger partial charge in [-0.05, 0) is 0 Å². The maximum absolute atomic E-state index is 10.6. The van der Waals surface area contributed by atoms with Crippen LogP contribution in [0.25, 0.3) is 11.2 Å². The molecule has 2 radical (unpaired) electrons. The van der Waals surface area contributed by atoms with E-state index in [4.69, 9.17) is 20.3 Å². The third kappa shape index (κ3) is 5.81. The Morgan fingerprint density at radius 1 is 1.40 bits per heavy atom. The summed E-state index contributed by atoms with van der Waals surface area (Å²) in [6.07, 6.45) is 2.33. The van der Waals surface area contributed by atoms with Gasteiger partial charge in [-0.15, -0.1) is 5.10 Å². The summed E-state index contributed by atoms with van der Waals surface area (Å²) in [5.74, 6) is 0. The van der Waals surface area contributed by atoms with E-state index in [1.54, 1.807) is 4.57 Å². The summed E-state index contributed by atoms with van der Waals surface area (Å²) >= 11 is 0. The van der Waals surface area contributed by atoms with Crippen LogP contribution in [0, 0.1) is 0 Å². The normalized spacial score (nSPS) is 10.9. The van der Waals surface area contributed by atoms with E-state index in [9.17, 15) is 4.57 Å². The van der Waals surface area contributed by atoms with Crippen molar-refractivity contribution < 1.29 is 84.5 Å². The third-order valence-electron chi connectivity index (χ3n) is 2.17. The van der Waals surface area contributed by atoms with Gasteiger partial charge >= 0.3 is 7.60 Å². The van der Waals surface area contributed by atoms with Gasteiger partial charge in [-0.1, -0.05) is 0 Å². The number of anilines is 1. The molecule has 4 N–H and O–H groups in total. The van der Waals surface area contributed by atoms with E-state index in [2.05, 4.69) is 15.2 Å². The molecule has 0 aromatic carbocycles. The topological polar surface area (TPSA) is 136 Å². The molecule has 0 bridgehead atoms. The van der Waals surface area contributed by atoms with Crippen molar-refractivity contribution in [2.45, 2.75) is 6.54 Å². The molecule has 0 amide bonds. The van der Waals surface area contributed by atoms with Gasteiger partial charge in [0.05, 0.1) is 24.8 Å². The smallest absolute Gasteiger partial charge is 0.350 e. The maximum Gasteiger partial charge on any atom is 0.350 e. The zero-order valence-corrected chi connectivity index (χ0v) is 17.0. The van der Waals surface area contributed by atoms with E-state index < -0.39 is 13.9 Å². The summed E-state index contributed by atoms with van der Waals surface area (Å²) in [5, 5.41) is 7.60. The molecule has 2 aromatic rings. The molecule has 2 aromatic heterocycles. The minimum Gasteiger partial charge on any atom is -0.396 e. The molecule has 0 aliphatic rings. The SMILES string of the molecule is Nc1cnnc2c1ncn2CCOCP(=O)(O)O.[Y].[Y]. The van der Waals surface area contributed by atoms with Crippen LogP contribution in [-0.2, 0) is 81.3 Å². The average Bonchev–Trinajstić information content (AvgIpc) is 2.68. The summed E-state index contributed by atoms with van der Waals surface area (Å²) in [6.45, 7) is 0.488. The van der Waals surface area contributed by atoms with Gasteiger partial charge in [0.25, 0.3) is 0 Å². The Hall–Kier alpha value is 0.668. The standard InChI is InChI=1S/C8H12N5O4P.2Y/c9-6-3-11-12-8-7(6)10-4-13(8)1-2-17-5-18(14,15)16;;/h3-4H,1-2,5H2,(H2,9,12)(H2,14,15,16);;. The minimum atomic E-state index is -4.12. The van der Waals surface area contributed by atoms with Gasteiger partial charge in [-0.2, -0.15) is 5.10 Å².